The van der Waals surface area contributed by atoms with Crippen LogP contribution in [0.4, 0.5) is 5.82 Å². The van der Waals surface area contributed by atoms with Crippen LogP contribution in [-0.4, -0.2) is 45.0 Å². The highest BCUT2D eigenvalue weighted by molar-refractivity contribution is 6.00. The highest BCUT2D eigenvalue weighted by Crippen LogP contribution is 2.24. The first-order valence-corrected chi connectivity index (χ1v) is 10.5. The second-order valence-corrected chi connectivity index (χ2v) is 7.33. The van der Waals surface area contributed by atoms with Crippen LogP contribution in [0.15, 0.2) is 53.5 Å². The number of fused-ring (bicyclic) bond motifs is 3. The van der Waals surface area contributed by atoms with Gasteiger partial charge in [-0.1, -0.05) is 32.0 Å². The highest BCUT2D eigenvalue weighted by atomic mass is 16.5. The number of H-pyrrole nitrogens is 1. The smallest absolute Gasteiger partial charge is 0.280 e. The van der Waals surface area contributed by atoms with Gasteiger partial charge in [0.15, 0.2) is 0 Å². The topological polar surface area (TPSA) is 76.0 Å². The minimum absolute atomic E-state index is 0.128. The van der Waals surface area contributed by atoms with E-state index in [0.717, 1.165) is 30.1 Å². The molecule has 7 heteroatoms. The van der Waals surface area contributed by atoms with Gasteiger partial charge in [0.1, 0.15) is 11.3 Å². The number of aromatic nitrogens is 4. The Hall–Kier alpha value is -3.19. The molecule has 0 amide bonds. The predicted octanol–water partition coefficient (Wildman–Crippen LogP) is 3.90. The number of hydrogen-bond acceptors (Lipinski definition) is 5. The molecule has 5 rings (SSSR count). The summed E-state index contributed by atoms with van der Waals surface area (Å²) in [6, 6.07) is 13.5. The van der Waals surface area contributed by atoms with Crippen molar-refractivity contribution < 1.29 is 4.74 Å². The Balaban J connectivity index is 0.00000106. The van der Waals surface area contributed by atoms with Gasteiger partial charge in [-0.25, -0.2) is 9.67 Å². The van der Waals surface area contributed by atoms with E-state index in [1.807, 2.05) is 56.3 Å². The molecule has 1 aliphatic heterocycles. The molecule has 0 saturated carbocycles. The molecular weight excluding hydrogens is 378 g/mol. The lowest BCUT2D eigenvalue weighted by atomic mass is 10.2. The Bertz CT molecular complexity index is 1200. The van der Waals surface area contributed by atoms with Crippen molar-refractivity contribution in [1.82, 2.24) is 19.7 Å². The molecule has 0 spiro atoms. The maximum atomic E-state index is 12.9. The van der Waals surface area contributed by atoms with Crippen LogP contribution in [0, 0.1) is 0 Å². The van der Waals surface area contributed by atoms with Gasteiger partial charge in [0, 0.05) is 19.3 Å². The van der Waals surface area contributed by atoms with Crippen LogP contribution in [0.2, 0.25) is 0 Å². The average molecular weight is 406 g/mol. The van der Waals surface area contributed by atoms with Gasteiger partial charge in [0.25, 0.3) is 5.56 Å². The monoisotopic (exact) mass is 405 g/mol. The summed E-state index contributed by atoms with van der Waals surface area (Å²) in [7, 11) is 0. The van der Waals surface area contributed by atoms with Crippen molar-refractivity contribution in [3.8, 4) is 5.69 Å². The number of benzene rings is 1. The molecule has 1 aromatic carbocycles. The third-order valence-electron chi connectivity index (χ3n) is 5.11. The highest BCUT2D eigenvalue weighted by Gasteiger charge is 2.24. The van der Waals surface area contributed by atoms with Gasteiger partial charge in [-0.2, -0.15) is 0 Å². The molecule has 0 bridgehead atoms. The number of para-hydroxylation sites is 1. The zero-order valence-electron chi connectivity index (χ0n) is 17.8. The summed E-state index contributed by atoms with van der Waals surface area (Å²) < 4.78 is 7.37. The van der Waals surface area contributed by atoms with Crippen molar-refractivity contribution in [2.24, 2.45) is 0 Å². The molecule has 0 radical (unpaired) electrons. The molecule has 7 nitrogen and oxygen atoms in total. The Morgan fingerprint density at radius 3 is 2.43 bits per heavy atom. The summed E-state index contributed by atoms with van der Waals surface area (Å²) in [5, 5.41) is 3.76. The van der Waals surface area contributed by atoms with Gasteiger partial charge < -0.3 is 9.64 Å². The molecule has 156 valence electrons. The van der Waals surface area contributed by atoms with E-state index in [1.54, 1.807) is 10.9 Å². The summed E-state index contributed by atoms with van der Waals surface area (Å²) >= 11 is 0. The lowest BCUT2D eigenvalue weighted by Crippen LogP contribution is -2.45. The molecule has 1 N–H and O–H groups in total. The molecule has 30 heavy (non-hydrogen) atoms. The summed E-state index contributed by atoms with van der Waals surface area (Å²) in [4.78, 5) is 24.4. The first kappa shape index (κ1) is 20.1. The zero-order valence-corrected chi connectivity index (χ0v) is 17.8. The predicted molar refractivity (Wildman–Crippen MR) is 121 cm³/mol. The molecule has 1 saturated heterocycles. The zero-order chi connectivity index (χ0) is 21.3. The van der Waals surface area contributed by atoms with E-state index in [2.05, 4.69) is 28.8 Å². The summed E-state index contributed by atoms with van der Waals surface area (Å²) in [5.41, 5.74) is 2.82. The number of hydrogen-bond donors (Lipinski definition) is 1. The second-order valence-electron chi connectivity index (χ2n) is 7.33. The van der Waals surface area contributed by atoms with Crippen LogP contribution >= 0.6 is 0 Å². The Kier molecular flexibility index (Phi) is 5.55. The number of nitrogens with zero attached hydrogens (tertiary/aromatic N) is 4. The van der Waals surface area contributed by atoms with Gasteiger partial charge in [-0.05, 0) is 38.1 Å². The van der Waals surface area contributed by atoms with E-state index < -0.39 is 0 Å². The lowest BCUT2D eigenvalue weighted by Gasteiger charge is -2.36. The molecular formula is C23H27N5O2. The molecule has 1 fully saturated rings. The van der Waals surface area contributed by atoms with Crippen molar-refractivity contribution in [1.29, 1.82) is 0 Å². The van der Waals surface area contributed by atoms with Crippen molar-refractivity contribution >= 4 is 27.8 Å². The van der Waals surface area contributed by atoms with Crippen LogP contribution in [0.1, 0.15) is 27.7 Å². The normalized spacial score (nSPS) is 19.0. The fraction of sp³-hybridized carbons (Fsp3) is 0.348. The van der Waals surface area contributed by atoms with Crippen LogP contribution in [-0.2, 0) is 4.74 Å². The summed E-state index contributed by atoms with van der Waals surface area (Å²) in [6.07, 6.45) is 1.92. The number of nitrogens with one attached hydrogen (secondary N) is 1. The number of aromatic amines is 1. The SMILES string of the molecule is CC.CC1CN(c2ccc3ncc4c(=O)n(-c5ccccc5)[nH]c4c3n2)CC(C)O1. The van der Waals surface area contributed by atoms with Crippen molar-refractivity contribution in [2.75, 3.05) is 18.0 Å². The number of rotatable bonds is 2. The van der Waals surface area contributed by atoms with Crippen LogP contribution in [0.3, 0.4) is 0 Å². The van der Waals surface area contributed by atoms with Gasteiger partial charge in [0.05, 0.1) is 34.3 Å². The number of morpholine rings is 1. The fourth-order valence-corrected chi connectivity index (χ4v) is 3.91. The standard InChI is InChI=1S/C21H21N5O2.C2H6/c1-13-11-25(12-14(2)28-13)18-9-8-17-20(23-18)19-16(10-22-17)21(27)26(24-19)15-6-4-3-5-7-15;1-2/h3-10,13-14,24H,11-12H2,1-2H3;1-2H3. The Labute approximate surface area is 175 Å². The van der Waals surface area contributed by atoms with Crippen molar-refractivity contribution in [2.45, 2.75) is 39.9 Å². The number of ether oxygens (including phenoxy) is 1. The van der Waals surface area contributed by atoms with Crippen LogP contribution in [0.25, 0.3) is 27.6 Å². The maximum Gasteiger partial charge on any atom is 0.280 e. The number of anilines is 1. The molecule has 4 aromatic rings. The van der Waals surface area contributed by atoms with E-state index in [-0.39, 0.29) is 17.8 Å². The second kappa shape index (κ2) is 8.28. The molecule has 1 aliphatic rings. The Morgan fingerprint density at radius 1 is 1.03 bits per heavy atom. The van der Waals surface area contributed by atoms with Crippen LogP contribution < -0.4 is 10.5 Å². The minimum atomic E-state index is -0.128. The molecule has 2 unspecified atom stereocenters. The minimum Gasteiger partial charge on any atom is -0.372 e. The maximum absolute atomic E-state index is 12.9. The van der Waals surface area contributed by atoms with E-state index in [4.69, 9.17) is 9.72 Å². The van der Waals surface area contributed by atoms with Crippen molar-refractivity contribution in [3.63, 3.8) is 0 Å². The molecule has 4 heterocycles. The Morgan fingerprint density at radius 2 is 1.73 bits per heavy atom. The first-order chi connectivity index (χ1) is 14.6. The molecule has 3 aromatic heterocycles. The van der Waals surface area contributed by atoms with Crippen molar-refractivity contribution in [3.05, 3.63) is 59.0 Å². The largest absolute Gasteiger partial charge is 0.372 e. The molecule has 2 atom stereocenters. The third kappa shape index (κ3) is 3.57. The van der Waals surface area contributed by atoms with Gasteiger partial charge >= 0.3 is 0 Å². The summed E-state index contributed by atoms with van der Waals surface area (Å²) in [6.45, 7) is 9.71. The number of pyridine rings is 2. The first-order valence-electron chi connectivity index (χ1n) is 10.5. The van der Waals surface area contributed by atoms with Crippen LogP contribution in [0.5, 0.6) is 0 Å². The van der Waals surface area contributed by atoms with E-state index in [0.29, 0.717) is 16.4 Å². The average Bonchev–Trinajstić information content (AvgIpc) is 3.12. The van der Waals surface area contributed by atoms with E-state index >= 15 is 0 Å². The lowest BCUT2D eigenvalue weighted by molar-refractivity contribution is -0.00544. The van der Waals surface area contributed by atoms with Gasteiger partial charge in [-0.3, -0.25) is 14.9 Å². The summed E-state index contributed by atoms with van der Waals surface area (Å²) in [5.74, 6) is 0.872. The van der Waals surface area contributed by atoms with Gasteiger partial charge in [-0.15, -0.1) is 0 Å². The quantitative estimate of drug-likeness (QED) is 0.547. The van der Waals surface area contributed by atoms with E-state index in [1.165, 1.54) is 0 Å². The van der Waals surface area contributed by atoms with E-state index in [9.17, 15) is 4.79 Å². The van der Waals surface area contributed by atoms with Gasteiger partial charge in [0.2, 0.25) is 0 Å². The fourth-order valence-electron chi connectivity index (χ4n) is 3.91. The third-order valence-corrected chi connectivity index (χ3v) is 5.11. The molecule has 0 aliphatic carbocycles.